The van der Waals surface area contributed by atoms with Gasteiger partial charge in [-0.1, -0.05) is 38.1 Å². The van der Waals surface area contributed by atoms with Gasteiger partial charge in [0.05, 0.1) is 6.04 Å². The summed E-state index contributed by atoms with van der Waals surface area (Å²) < 4.78 is 0. The molecule has 96 valence electrons. The maximum atomic E-state index is 5.77. The van der Waals surface area contributed by atoms with Crippen molar-refractivity contribution in [2.24, 2.45) is 5.84 Å². The number of nitrogens with one attached hydrogen (secondary N) is 1. The number of hydrazine groups is 1. The zero-order valence-electron chi connectivity index (χ0n) is 10.9. The van der Waals surface area contributed by atoms with Crippen molar-refractivity contribution < 1.29 is 0 Å². The summed E-state index contributed by atoms with van der Waals surface area (Å²) in [5.74, 6) is 5.77. The van der Waals surface area contributed by atoms with Crippen molar-refractivity contribution >= 4 is 11.3 Å². The van der Waals surface area contributed by atoms with Crippen molar-refractivity contribution in [3.8, 4) is 0 Å². The summed E-state index contributed by atoms with van der Waals surface area (Å²) in [4.78, 5) is 1.33. The van der Waals surface area contributed by atoms with Crippen molar-refractivity contribution in [1.29, 1.82) is 0 Å². The van der Waals surface area contributed by atoms with Crippen LogP contribution in [0.3, 0.4) is 0 Å². The van der Waals surface area contributed by atoms with Crippen LogP contribution in [0.2, 0.25) is 0 Å². The molecule has 0 saturated heterocycles. The Morgan fingerprint density at radius 2 is 2.06 bits per heavy atom. The Balaban J connectivity index is 2.38. The average Bonchev–Trinajstić information content (AvgIpc) is 2.88. The fourth-order valence-electron chi connectivity index (χ4n) is 2.21. The van der Waals surface area contributed by atoms with Gasteiger partial charge in [-0.05, 0) is 41.0 Å². The highest BCUT2D eigenvalue weighted by atomic mass is 32.1. The van der Waals surface area contributed by atoms with Crippen molar-refractivity contribution in [2.75, 3.05) is 0 Å². The molecular formula is C15H20N2S. The zero-order valence-corrected chi connectivity index (χ0v) is 11.8. The molecule has 2 aromatic rings. The van der Waals surface area contributed by atoms with E-state index in [1.165, 1.54) is 21.6 Å². The normalized spacial score (nSPS) is 12.6. The van der Waals surface area contributed by atoms with Crippen molar-refractivity contribution in [1.82, 2.24) is 5.43 Å². The third kappa shape index (κ3) is 2.64. The highest BCUT2D eigenvalue weighted by Gasteiger charge is 2.16. The van der Waals surface area contributed by atoms with Crippen LogP contribution >= 0.6 is 11.3 Å². The summed E-state index contributed by atoms with van der Waals surface area (Å²) in [6.07, 6.45) is 2.10. The molecule has 0 radical (unpaired) electrons. The Hall–Kier alpha value is -1.16. The lowest BCUT2D eigenvalue weighted by Gasteiger charge is -2.17. The van der Waals surface area contributed by atoms with Gasteiger partial charge in [0.2, 0.25) is 0 Å². The molecule has 1 aromatic carbocycles. The van der Waals surface area contributed by atoms with E-state index in [9.17, 15) is 0 Å². The van der Waals surface area contributed by atoms with Crippen LogP contribution in [-0.2, 0) is 12.8 Å². The van der Waals surface area contributed by atoms with Crippen molar-refractivity contribution in [2.45, 2.75) is 32.7 Å². The summed E-state index contributed by atoms with van der Waals surface area (Å²) >= 11 is 1.77. The highest BCUT2D eigenvalue weighted by Crippen LogP contribution is 2.30. The lowest BCUT2D eigenvalue weighted by atomic mass is 9.99. The van der Waals surface area contributed by atoms with E-state index in [-0.39, 0.29) is 6.04 Å². The quantitative estimate of drug-likeness (QED) is 0.638. The molecule has 0 aliphatic heterocycles. The second-order valence-electron chi connectivity index (χ2n) is 4.36. The largest absolute Gasteiger partial charge is 0.271 e. The van der Waals surface area contributed by atoms with E-state index in [4.69, 9.17) is 5.84 Å². The molecule has 1 heterocycles. The summed E-state index contributed by atoms with van der Waals surface area (Å²) in [6.45, 7) is 4.36. The van der Waals surface area contributed by atoms with Gasteiger partial charge in [-0.15, -0.1) is 11.3 Å². The Kier molecular flexibility index (Phi) is 4.53. The number of rotatable bonds is 5. The van der Waals surface area contributed by atoms with E-state index in [1.807, 2.05) is 0 Å². The van der Waals surface area contributed by atoms with Crippen LogP contribution in [0.1, 0.15) is 41.5 Å². The summed E-state index contributed by atoms with van der Waals surface area (Å²) in [7, 11) is 0. The van der Waals surface area contributed by atoms with E-state index < -0.39 is 0 Å². The number of aryl methyl sites for hydroxylation is 2. The average molecular weight is 260 g/mol. The molecule has 3 N–H and O–H groups in total. The predicted molar refractivity (Wildman–Crippen MR) is 78.7 cm³/mol. The molecule has 2 rings (SSSR count). The van der Waals surface area contributed by atoms with Gasteiger partial charge in [-0.25, -0.2) is 5.43 Å². The smallest absolute Gasteiger partial charge is 0.0805 e. The first-order chi connectivity index (χ1) is 8.80. The Bertz CT molecular complexity index is 505. The van der Waals surface area contributed by atoms with Gasteiger partial charge < -0.3 is 0 Å². The van der Waals surface area contributed by atoms with Gasteiger partial charge in [0.1, 0.15) is 0 Å². The lowest BCUT2D eigenvalue weighted by Crippen LogP contribution is -2.28. The summed E-state index contributed by atoms with van der Waals surface area (Å²) in [5.41, 5.74) is 6.93. The SMILES string of the molecule is CCc1cccc(C(NN)c2sccc2CC)c1. The number of hydrogen-bond acceptors (Lipinski definition) is 3. The van der Waals surface area contributed by atoms with Crippen LogP contribution in [-0.4, -0.2) is 0 Å². The second-order valence-corrected chi connectivity index (χ2v) is 5.31. The predicted octanol–water partition coefficient (Wildman–Crippen LogP) is 3.43. The minimum Gasteiger partial charge on any atom is -0.271 e. The second kappa shape index (κ2) is 6.14. The summed E-state index contributed by atoms with van der Waals surface area (Å²) in [6, 6.07) is 10.9. The first-order valence-corrected chi connectivity index (χ1v) is 7.29. The first kappa shape index (κ1) is 13.3. The van der Waals surface area contributed by atoms with Gasteiger partial charge in [-0.3, -0.25) is 5.84 Å². The summed E-state index contributed by atoms with van der Waals surface area (Å²) in [5, 5.41) is 2.14. The van der Waals surface area contributed by atoms with Gasteiger partial charge in [0, 0.05) is 4.88 Å². The Labute approximate surface area is 113 Å². The fraction of sp³-hybridized carbons (Fsp3) is 0.333. The van der Waals surface area contributed by atoms with Crippen LogP contribution in [0, 0.1) is 0 Å². The topological polar surface area (TPSA) is 38.0 Å². The van der Waals surface area contributed by atoms with Crippen LogP contribution in [0.25, 0.3) is 0 Å². The molecule has 0 aliphatic rings. The van der Waals surface area contributed by atoms with Gasteiger partial charge >= 0.3 is 0 Å². The first-order valence-electron chi connectivity index (χ1n) is 6.41. The minimum absolute atomic E-state index is 0.103. The molecule has 1 aromatic heterocycles. The Morgan fingerprint density at radius 1 is 1.22 bits per heavy atom. The van der Waals surface area contributed by atoms with Crippen molar-refractivity contribution in [3.05, 3.63) is 57.3 Å². The van der Waals surface area contributed by atoms with Crippen molar-refractivity contribution in [3.63, 3.8) is 0 Å². The molecular weight excluding hydrogens is 240 g/mol. The molecule has 0 aliphatic carbocycles. The van der Waals surface area contributed by atoms with Crippen LogP contribution in [0.4, 0.5) is 0 Å². The Morgan fingerprint density at radius 3 is 2.72 bits per heavy atom. The maximum absolute atomic E-state index is 5.77. The molecule has 0 fully saturated rings. The molecule has 0 amide bonds. The fourth-order valence-corrected chi connectivity index (χ4v) is 3.29. The molecule has 0 saturated carbocycles. The van der Waals surface area contributed by atoms with E-state index in [0.29, 0.717) is 0 Å². The molecule has 1 unspecified atom stereocenters. The standard InChI is InChI=1S/C15H20N2S/c1-3-11-6-5-7-13(10-11)14(17-16)15-12(4-2)8-9-18-15/h5-10,14,17H,3-4,16H2,1-2H3. The van der Waals surface area contributed by atoms with E-state index >= 15 is 0 Å². The minimum atomic E-state index is 0.103. The molecule has 1 atom stereocenters. The number of benzene rings is 1. The van der Waals surface area contributed by atoms with Crippen LogP contribution in [0.5, 0.6) is 0 Å². The van der Waals surface area contributed by atoms with E-state index in [2.05, 4.69) is 55.0 Å². The monoisotopic (exact) mass is 260 g/mol. The number of thiophene rings is 1. The van der Waals surface area contributed by atoms with E-state index in [0.717, 1.165) is 12.8 Å². The molecule has 2 nitrogen and oxygen atoms in total. The number of nitrogens with two attached hydrogens (primary N) is 1. The van der Waals surface area contributed by atoms with Crippen LogP contribution in [0.15, 0.2) is 35.7 Å². The third-order valence-corrected chi connectivity index (χ3v) is 4.31. The maximum Gasteiger partial charge on any atom is 0.0805 e. The molecule has 18 heavy (non-hydrogen) atoms. The highest BCUT2D eigenvalue weighted by molar-refractivity contribution is 7.10. The molecule has 0 bridgehead atoms. The van der Waals surface area contributed by atoms with Gasteiger partial charge in [0.25, 0.3) is 0 Å². The van der Waals surface area contributed by atoms with Gasteiger partial charge in [-0.2, -0.15) is 0 Å². The van der Waals surface area contributed by atoms with Gasteiger partial charge in [0.15, 0.2) is 0 Å². The lowest BCUT2D eigenvalue weighted by molar-refractivity contribution is 0.641. The molecule has 0 spiro atoms. The van der Waals surface area contributed by atoms with E-state index in [1.54, 1.807) is 11.3 Å². The zero-order chi connectivity index (χ0) is 13.0. The third-order valence-electron chi connectivity index (χ3n) is 3.28. The van der Waals surface area contributed by atoms with Crippen LogP contribution < -0.4 is 11.3 Å². The number of hydrogen-bond donors (Lipinski definition) is 2. The molecule has 3 heteroatoms.